The zero-order valence-electron chi connectivity index (χ0n) is 23.6. The van der Waals surface area contributed by atoms with Crippen molar-refractivity contribution in [2.45, 2.75) is 57.5 Å². The molecule has 1 heterocycles. The van der Waals surface area contributed by atoms with E-state index in [1.54, 1.807) is 30.3 Å². The molecule has 0 bridgehead atoms. The maximum absolute atomic E-state index is 14.5. The minimum atomic E-state index is -4.39. The summed E-state index contributed by atoms with van der Waals surface area (Å²) in [5.41, 5.74) is 0.975. The Bertz CT molecular complexity index is 1630. The van der Waals surface area contributed by atoms with Crippen LogP contribution in [0.5, 0.6) is 0 Å². The van der Waals surface area contributed by atoms with Crippen LogP contribution in [0.1, 0.15) is 51.3 Å². The van der Waals surface area contributed by atoms with Crippen molar-refractivity contribution in [2.24, 2.45) is 11.3 Å². The molecule has 0 amide bonds. The Morgan fingerprint density at radius 3 is 2.02 bits per heavy atom. The van der Waals surface area contributed by atoms with Crippen LogP contribution >= 0.6 is 46.4 Å². The average Bonchev–Trinajstić information content (AvgIpc) is 3.33. The van der Waals surface area contributed by atoms with E-state index in [1.165, 1.54) is 23.4 Å². The number of carbonyl (C=O) groups excluding carboxylic acids is 2. The van der Waals surface area contributed by atoms with E-state index in [-0.39, 0.29) is 48.5 Å². The number of hydrogen-bond donors (Lipinski definition) is 0. The van der Waals surface area contributed by atoms with Gasteiger partial charge in [-0.25, -0.2) is 8.42 Å². The second-order valence-electron chi connectivity index (χ2n) is 11.5. The largest absolute Gasteiger partial charge is 0.300 e. The molecule has 10 heteroatoms. The Kier molecular flexibility index (Phi) is 9.98. The first-order chi connectivity index (χ1) is 19.6. The third kappa shape index (κ3) is 6.80. The molecule has 0 spiro atoms. The number of rotatable bonds is 9. The third-order valence-electron chi connectivity index (χ3n) is 7.42. The minimum absolute atomic E-state index is 0.0395. The second-order valence-corrected chi connectivity index (χ2v) is 14.9. The molecule has 1 aliphatic rings. The Balaban J connectivity index is 1.88. The molecule has 0 aliphatic carbocycles. The lowest BCUT2D eigenvalue weighted by Gasteiger charge is -2.37. The zero-order valence-corrected chi connectivity index (χ0v) is 27.4. The van der Waals surface area contributed by atoms with Gasteiger partial charge in [0.05, 0.1) is 26.1 Å². The van der Waals surface area contributed by atoms with Gasteiger partial charge in [0.2, 0.25) is 10.0 Å². The van der Waals surface area contributed by atoms with E-state index < -0.39 is 33.4 Å². The fraction of sp³-hybridized carbons (Fsp3) is 0.312. The van der Waals surface area contributed by atoms with Gasteiger partial charge in [-0.3, -0.25) is 9.59 Å². The molecule has 1 aliphatic heterocycles. The van der Waals surface area contributed by atoms with Gasteiger partial charge in [0.15, 0.2) is 5.78 Å². The first-order valence-electron chi connectivity index (χ1n) is 13.3. The van der Waals surface area contributed by atoms with Gasteiger partial charge in [0, 0.05) is 24.0 Å². The predicted molar refractivity (Wildman–Crippen MR) is 170 cm³/mol. The van der Waals surface area contributed by atoms with Crippen molar-refractivity contribution in [3.8, 4) is 0 Å². The highest BCUT2D eigenvalue weighted by atomic mass is 35.5. The number of Topliss-reactive ketones (excluding diaryl/α,β-unsaturated/α-hetero) is 2. The SMILES string of the molecule is CC(=O)[C@@H](CC(=O)C1=C[C@@H](C(C)(C)C)N(S(=O)(=O)c2c(Cl)cccc2Cl)C1c1ccc(Cl)c(Cl)c1)Cc1ccccc1. The predicted octanol–water partition coefficient (Wildman–Crippen LogP) is 8.79. The molecular formula is C32H31Cl4NO4S. The van der Waals surface area contributed by atoms with Gasteiger partial charge in [-0.1, -0.05) is 116 Å². The molecule has 3 atom stereocenters. The Morgan fingerprint density at radius 2 is 1.48 bits per heavy atom. The van der Waals surface area contributed by atoms with Crippen LogP contribution in [0.3, 0.4) is 0 Å². The van der Waals surface area contributed by atoms with Crippen molar-refractivity contribution in [1.82, 2.24) is 4.31 Å². The van der Waals surface area contributed by atoms with Gasteiger partial charge in [-0.05, 0) is 54.2 Å². The van der Waals surface area contributed by atoms with E-state index in [1.807, 2.05) is 51.1 Å². The molecule has 1 unspecified atom stereocenters. The molecule has 3 aromatic rings. The Hall–Kier alpha value is -2.19. The monoisotopic (exact) mass is 665 g/mol. The summed E-state index contributed by atoms with van der Waals surface area (Å²) in [5, 5.41) is 0.411. The average molecular weight is 667 g/mol. The maximum atomic E-state index is 14.5. The number of benzene rings is 3. The van der Waals surface area contributed by atoms with Crippen LogP contribution in [-0.2, 0) is 26.0 Å². The summed E-state index contributed by atoms with van der Waals surface area (Å²) < 4.78 is 30.3. The molecule has 0 radical (unpaired) electrons. The van der Waals surface area contributed by atoms with Crippen molar-refractivity contribution in [3.63, 3.8) is 0 Å². The van der Waals surface area contributed by atoms with Crippen LogP contribution in [0.4, 0.5) is 0 Å². The van der Waals surface area contributed by atoms with Crippen LogP contribution in [0.2, 0.25) is 20.1 Å². The van der Waals surface area contributed by atoms with E-state index in [2.05, 4.69) is 0 Å². The summed E-state index contributed by atoms with van der Waals surface area (Å²) in [4.78, 5) is 26.6. The van der Waals surface area contributed by atoms with Crippen LogP contribution in [-0.4, -0.2) is 30.3 Å². The smallest absolute Gasteiger partial charge is 0.247 e. The van der Waals surface area contributed by atoms with Gasteiger partial charge in [0.25, 0.3) is 0 Å². The molecular weight excluding hydrogens is 636 g/mol. The standard InChI is InChI=1S/C32H31Cl4NO4S/c1-19(38)22(15-20-9-6-5-7-10-20)17-28(39)23-18-29(32(2,3)4)37(30(23)21-13-14-24(33)27(36)16-21)42(40,41)31-25(34)11-8-12-26(31)35/h5-14,16,18,22,29-30H,15,17H2,1-4H3/t22-,29+,30?/m1/s1. The highest BCUT2D eigenvalue weighted by Crippen LogP contribution is 2.49. The quantitative estimate of drug-likeness (QED) is 0.229. The highest BCUT2D eigenvalue weighted by Gasteiger charge is 2.50. The number of hydrogen-bond acceptors (Lipinski definition) is 4. The molecule has 4 rings (SSSR count). The number of nitrogens with zero attached hydrogens (tertiary/aromatic N) is 1. The molecule has 0 aromatic heterocycles. The summed E-state index contributed by atoms with van der Waals surface area (Å²) in [6.45, 7) is 7.13. The molecule has 0 fully saturated rings. The number of halogens is 4. The van der Waals surface area contributed by atoms with Crippen LogP contribution in [0.15, 0.2) is 83.3 Å². The van der Waals surface area contributed by atoms with Gasteiger partial charge < -0.3 is 0 Å². The van der Waals surface area contributed by atoms with Crippen LogP contribution in [0.25, 0.3) is 0 Å². The lowest BCUT2D eigenvalue weighted by atomic mass is 9.85. The number of sulfonamides is 1. The van der Waals surface area contributed by atoms with E-state index in [0.717, 1.165) is 5.56 Å². The van der Waals surface area contributed by atoms with Crippen molar-refractivity contribution >= 4 is 68.0 Å². The maximum Gasteiger partial charge on any atom is 0.247 e. The number of carbonyl (C=O) groups is 2. The molecule has 42 heavy (non-hydrogen) atoms. The van der Waals surface area contributed by atoms with Crippen molar-refractivity contribution in [3.05, 3.63) is 110 Å². The van der Waals surface area contributed by atoms with Crippen molar-refractivity contribution in [1.29, 1.82) is 0 Å². The highest BCUT2D eigenvalue weighted by molar-refractivity contribution is 7.89. The third-order valence-corrected chi connectivity index (χ3v) is 11.0. The van der Waals surface area contributed by atoms with E-state index in [9.17, 15) is 18.0 Å². The Labute approximate surface area is 267 Å². The molecule has 3 aromatic carbocycles. The normalized spacial score (nSPS) is 18.5. The summed E-state index contributed by atoms with van der Waals surface area (Å²) in [6.07, 6.45) is 1.98. The fourth-order valence-electron chi connectivity index (χ4n) is 5.24. The molecule has 0 saturated carbocycles. The Morgan fingerprint density at radius 1 is 0.857 bits per heavy atom. The fourth-order valence-corrected chi connectivity index (χ4v) is 8.56. The van der Waals surface area contributed by atoms with Crippen molar-refractivity contribution < 1.29 is 18.0 Å². The summed E-state index contributed by atoms with van der Waals surface area (Å²) >= 11 is 25.5. The lowest BCUT2D eigenvalue weighted by Crippen LogP contribution is -2.45. The van der Waals surface area contributed by atoms with Gasteiger partial charge in [-0.15, -0.1) is 0 Å². The van der Waals surface area contributed by atoms with Crippen LogP contribution in [0, 0.1) is 11.3 Å². The second kappa shape index (κ2) is 12.8. The molecule has 222 valence electrons. The van der Waals surface area contributed by atoms with E-state index in [0.29, 0.717) is 12.0 Å². The first-order valence-corrected chi connectivity index (χ1v) is 16.3. The topological polar surface area (TPSA) is 71.5 Å². The molecule has 0 N–H and O–H groups in total. The molecule has 0 saturated heterocycles. The lowest BCUT2D eigenvalue weighted by molar-refractivity contribution is -0.125. The number of ketones is 2. The van der Waals surface area contributed by atoms with Gasteiger partial charge in [-0.2, -0.15) is 4.31 Å². The van der Waals surface area contributed by atoms with Gasteiger partial charge >= 0.3 is 0 Å². The minimum Gasteiger partial charge on any atom is -0.300 e. The zero-order chi connectivity index (χ0) is 31.0. The van der Waals surface area contributed by atoms with Gasteiger partial charge in [0.1, 0.15) is 10.7 Å². The summed E-state index contributed by atoms with van der Waals surface area (Å²) in [7, 11) is -4.39. The van der Waals surface area contributed by atoms with E-state index >= 15 is 0 Å². The molecule has 5 nitrogen and oxygen atoms in total. The van der Waals surface area contributed by atoms with Crippen LogP contribution < -0.4 is 0 Å². The van der Waals surface area contributed by atoms with E-state index in [4.69, 9.17) is 46.4 Å². The summed E-state index contributed by atoms with van der Waals surface area (Å²) in [6, 6.07) is 16.9. The first kappa shape index (κ1) is 32.7. The van der Waals surface area contributed by atoms with Crippen molar-refractivity contribution in [2.75, 3.05) is 0 Å². The summed E-state index contributed by atoms with van der Waals surface area (Å²) in [5.74, 6) is -1.05.